The minimum atomic E-state index is -5.01. The van der Waals surface area contributed by atoms with Crippen molar-refractivity contribution in [2.45, 2.75) is 108 Å². The van der Waals surface area contributed by atoms with Gasteiger partial charge in [-0.1, -0.05) is 141 Å². The lowest BCUT2D eigenvalue weighted by Crippen LogP contribution is -2.57. The number of benzene rings is 6. The van der Waals surface area contributed by atoms with Crippen LogP contribution >= 0.6 is 0 Å². The zero-order chi connectivity index (χ0) is 59.7. The Kier molecular flexibility index (Phi) is 20.8. The monoisotopic (exact) mass is 1170 g/mol. The van der Waals surface area contributed by atoms with E-state index in [2.05, 4.69) is 6.58 Å². The summed E-state index contributed by atoms with van der Waals surface area (Å²) in [5.41, 5.74) is -5.22. The molecular weight excluding hydrogens is 1110 g/mol. The van der Waals surface area contributed by atoms with E-state index < -0.39 is 82.4 Å². The van der Waals surface area contributed by atoms with Crippen LogP contribution in [0.15, 0.2) is 170 Å². The van der Waals surface area contributed by atoms with E-state index in [-0.39, 0.29) is 88.8 Å². The Labute approximate surface area is 472 Å². The quantitative estimate of drug-likeness (QED) is 0.0792. The molecule has 2 heterocycles. The number of piperidine rings is 2. The molecule has 0 saturated carbocycles. The molecule has 2 aliphatic rings. The number of ether oxygens (including phenoxy) is 4. The molecule has 6 aromatic rings. The molecule has 0 aliphatic carbocycles. The standard InChI is InChI=1S/C31H29F6NO3.C30H27F6NO4.CH4/c1-21-13-14-29(25-11-7-4-8-12-25,38(18-21)28(39)40-19-23-9-5-3-6-10-23)20-41-22(2)24-15-26(30(32,33)34)17-27(16-24)31(35,36)37;1-20(22-14-24(29(31,32)33)16-25(15-22)30(34,35)36)41-19-28(23-10-6-3-7-11-23)13-12-26(38)17-37(28)27(39)40-18-21-8-4-2-5-9-21;/h3-12,15-17,22H,1,13-14,18-20H2,2H3;2-11,14-16,20H,12-13,17-19H2,1H3;1H4/t22-,29-;20-,28-;/m11./s1. The zero-order valence-corrected chi connectivity index (χ0v) is 44.2. The largest absolute Gasteiger partial charge is 0.445 e. The lowest BCUT2D eigenvalue weighted by molar-refractivity contribution is -0.145. The van der Waals surface area contributed by atoms with Crippen LogP contribution < -0.4 is 0 Å². The van der Waals surface area contributed by atoms with Gasteiger partial charge < -0.3 is 18.9 Å². The molecule has 0 radical (unpaired) electrons. The Morgan fingerprint density at radius 1 is 0.494 bits per heavy atom. The number of halogens is 12. The number of likely N-dealkylation sites (tertiary alicyclic amines) is 2. The van der Waals surface area contributed by atoms with Crippen molar-refractivity contribution in [2.75, 3.05) is 26.3 Å². The van der Waals surface area contributed by atoms with E-state index in [1.807, 2.05) is 30.3 Å². The number of hydrogen-bond acceptors (Lipinski definition) is 7. The second-order valence-corrected chi connectivity index (χ2v) is 19.9. The lowest BCUT2D eigenvalue weighted by atomic mass is 9.80. The van der Waals surface area contributed by atoms with Crippen molar-refractivity contribution in [3.05, 3.63) is 226 Å². The van der Waals surface area contributed by atoms with E-state index in [0.717, 1.165) is 11.1 Å². The number of Topliss-reactive ketones (excluding diaryl/α,β-unsaturated/α-hetero) is 1. The van der Waals surface area contributed by atoms with Crippen molar-refractivity contribution in [2.24, 2.45) is 0 Å². The molecule has 6 aromatic carbocycles. The third-order valence-electron chi connectivity index (χ3n) is 14.2. The van der Waals surface area contributed by atoms with Crippen LogP contribution in [0, 0.1) is 0 Å². The third-order valence-corrected chi connectivity index (χ3v) is 14.2. The summed E-state index contributed by atoms with van der Waals surface area (Å²) in [7, 11) is 0. The highest BCUT2D eigenvalue weighted by atomic mass is 19.4. The second-order valence-electron chi connectivity index (χ2n) is 19.9. The van der Waals surface area contributed by atoms with E-state index >= 15 is 0 Å². The number of carbonyl (C=O) groups is 3. The highest BCUT2D eigenvalue weighted by Crippen LogP contribution is 2.45. The molecule has 21 heteroatoms. The Balaban J connectivity index is 0.000000263. The summed E-state index contributed by atoms with van der Waals surface area (Å²) in [6.07, 6.45) is -22.7. The van der Waals surface area contributed by atoms with Gasteiger partial charge in [-0.3, -0.25) is 14.6 Å². The SMILES string of the molecule is C.C=C1CC[C@@](CO[C@H](C)c2cc(C(F)(F)F)cc(C(F)(F)F)c2)(c2ccccc2)N(C(=O)OCc2ccccc2)C1.C[C@@H](OC[C@@]1(c2ccccc2)CCC(=O)CN1C(=O)OCc1ccccc1)c1cc(C(F)(F)F)cc(C(F)(F)F)c1. The van der Waals surface area contributed by atoms with Crippen LogP contribution in [0.3, 0.4) is 0 Å². The Bertz CT molecular complexity index is 2870. The topological polar surface area (TPSA) is 94.6 Å². The van der Waals surface area contributed by atoms with Gasteiger partial charge >= 0.3 is 36.9 Å². The van der Waals surface area contributed by atoms with Crippen LogP contribution in [0.25, 0.3) is 0 Å². The smallest absolute Gasteiger partial charge is 0.416 e. The molecular formula is C62H60F12N2O7. The number of rotatable bonds is 14. The van der Waals surface area contributed by atoms with Crippen molar-refractivity contribution in [3.8, 4) is 0 Å². The van der Waals surface area contributed by atoms with Crippen molar-refractivity contribution in [1.82, 2.24) is 9.80 Å². The predicted molar refractivity (Wildman–Crippen MR) is 284 cm³/mol. The first-order valence-corrected chi connectivity index (χ1v) is 25.7. The first-order chi connectivity index (χ1) is 38.6. The average molecular weight is 1170 g/mol. The summed E-state index contributed by atoms with van der Waals surface area (Å²) in [6, 6.07) is 38.2. The summed E-state index contributed by atoms with van der Waals surface area (Å²) in [5.74, 6) is -0.228. The average Bonchev–Trinajstić information content (AvgIpc) is 3.56. The summed E-state index contributed by atoms with van der Waals surface area (Å²) in [6.45, 7) is 6.00. The van der Waals surface area contributed by atoms with E-state index in [9.17, 15) is 67.1 Å². The fourth-order valence-corrected chi connectivity index (χ4v) is 9.64. The van der Waals surface area contributed by atoms with Crippen molar-refractivity contribution in [1.29, 1.82) is 0 Å². The molecule has 0 spiro atoms. The maximum atomic E-state index is 13.5. The van der Waals surface area contributed by atoms with Gasteiger partial charge in [-0.15, -0.1) is 0 Å². The van der Waals surface area contributed by atoms with Gasteiger partial charge in [-0.05, 0) is 103 Å². The molecule has 2 fully saturated rings. The molecule has 0 unspecified atom stereocenters. The first-order valence-electron chi connectivity index (χ1n) is 25.7. The van der Waals surface area contributed by atoms with Crippen LogP contribution in [0.2, 0.25) is 0 Å². The number of hydrogen-bond donors (Lipinski definition) is 0. The zero-order valence-electron chi connectivity index (χ0n) is 44.2. The van der Waals surface area contributed by atoms with Crippen LogP contribution in [-0.4, -0.2) is 54.1 Å². The van der Waals surface area contributed by atoms with Gasteiger partial charge in [-0.25, -0.2) is 9.59 Å². The Morgan fingerprint density at radius 3 is 1.14 bits per heavy atom. The highest BCUT2D eigenvalue weighted by Gasteiger charge is 2.49. The van der Waals surface area contributed by atoms with Gasteiger partial charge in [0.2, 0.25) is 0 Å². The lowest BCUT2D eigenvalue weighted by Gasteiger charge is -2.47. The molecule has 444 valence electrons. The molecule has 2 amide bonds. The number of nitrogens with zero attached hydrogens (tertiary/aromatic N) is 2. The molecule has 83 heavy (non-hydrogen) atoms. The number of carbonyl (C=O) groups excluding carboxylic acids is 3. The van der Waals surface area contributed by atoms with Gasteiger partial charge in [0.05, 0.1) is 65.3 Å². The maximum absolute atomic E-state index is 13.5. The van der Waals surface area contributed by atoms with E-state index in [4.69, 9.17) is 18.9 Å². The van der Waals surface area contributed by atoms with Gasteiger partial charge in [-0.2, -0.15) is 52.7 Å². The van der Waals surface area contributed by atoms with Crippen LogP contribution in [0.1, 0.15) is 115 Å². The van der Waals surface area contributed by atoms with Gasteiger partial charge in [0, 0.05) is 13.0 Å². The molecule has 8 rings (SSSR count). The summed E-state index contributed by atoms with van der Waals surface area (Å²) < 4.78 is 184. The molecule has 0 N–H and O–H groups in total. The molecule has 2 aliphatic heterocycles. The van der Waals surface area contributed by atoms with Gasteiger partial charge in [0.15, 0.2) is 5.78 Å². The normalized spacial score (nSPS) is 18.5. The van der Waals surface area contributed by atoms with E-state index in [1.54, 1.807) is 91.0 Å². The highest BCUT2D eigenvalue weighted by molar-refractivity contribution is 5.86. The van der Waals surface area contributed by atoms with E-state index in [0.29, 0.717) is 53.8 Å². The Morgan fingerprint density at radius 2 is 0.807 bits per heavy atom. The van der Waals surface area contributed by atoms with Crippen LogP contribution in [0.5, 0.6) is 0 Å². The molecule has 2 saturated heterocycles. The van der Waals surface area contributed by atoms with E-state index in [1.165, 1.54) is 23.6 Å². The number of amides is 2. The van der Waals surface area contributed by atoms with Crippen LogP contribution in [0.4, 0.5) is 62.3 Å². The fourth-order valence-electron chi connectivity index (χ4n) is 9.64. The minimum absolute atomic E-state index is 0. The summed E-state index contributed by atoms with van der Waals surface area (Å²) in [4.78, 5) is 42.1. The van der Waals surface area contributed by atoms with Crippen molar-refractivity contribution >= 4 is 18.0 Å². The molecule has 4 atom stereocenters. The molecule has 0 aromatic heterocycles. The summed E-state index contributed by atoms with van der Waals surface area (Å²) in [5, 5.41) is 0. The number of ketones is 1. The van der Waals surface area contributed by atoms with Crippen molar-refractivity contribution < 1.29 is 86.0 Å². The minimum Gasteiger partial charge on any atom is -0.445 e. The maximum Gasteiger partial charge on any atom is 0.416 e. The number of alkyl halides is 12. The molecule has 0 bridgehead atoms. The second kappa shape index (κ2) is 26.7. The van der Waals surface area contributed by atoms with Gasteiger partial charge in [0.25, 0.3) is 0 Å². The first kappa shape index (κ1) is 64.5. The van der Waals surface area contributed by atoms with Crippen LogP contribution in [-0.2, 0) is 72.7 Å². The molecule has 9 nitrogen and oxygen atoms in total. The fraction of sp³-hybridized carbons (Fsp3) is 0.339. The van der Waals surface area contributed by atoms with Gasteiger partial charge in [0.1, 0.15) is 13.2 Å². The predicted octanol–water partition coefficient (Wildman–Crippen LogP) is 17.0. The Hall–Kier alpha value is -7.65. The summed E-state index contributed by atoms with van der Waals surface area (Å²) >= 11 is 0. The third kappa shape index (κ3) is 16.3. The van der Waals surface area contributed by atoms with Crippen molar-refractivity contribution in [3.63, 3.8) is 0 Å².